The Labute approximate surface area is 113 Å². The van der Waals surface area contributed by atoms with Gasteiger partial charge >= 0.3 is 7.60 Å². The Balaban J connectivity index is 3.14. The van der Waals surface area contributed by atoms with E-state index in [9.17, 15) is 9.36 Å². The number of benzene rings is 1. The van der Waals surface area contributed by atoms with Crippen molar-refractivity contribution in [2.24, 2.45) is 0 Å². The van der Waals surface area contributed by atoms with E-state index in [4.69, 9.17) is 9.05 Å². The molecule has 1 aromatic carbocycles. The van der Waals surface area contributed by atoms with Gasteiger partial charge in [-0.2, -0.15) is 0 Å². The molecule has 0 saturated carbocycles. The van der Waals surface area contributed by atoms with Crippen molar-refractivity contribution >= 4 is 13.1 Å². The Bertz CT molecular complexity index is 528. The molecule has 0 saturated heterocycles. The lowest BCUT2D eigenvalue weighted by molar-refractivity contribution is 0.103. The normalized spacial score (nSPS) is 14.5. The van der Waals surface area contributed by atoms with Crippen LogP contribution in [0.2, 0.25) is 0 Å². The molecule has 0 atom stereocenters. The summed E-state index contributed by atoms with van der Waals surface area (Å²) in [7, 11) is -3.90. The molecule has 0 fully saturated rings. The molecule has 0 aliphatic heterocycles. The van der Waals surface area contributed by atoms with Crippen LogP contribution in [0.25, 0.3) is 0 Å². The Hall–Kier alpha value is -1.80. The molecular weight excluding hydrogens is 263 g/mol. The van der Waals surface area contributed by atoms with E-state index in [0.717, 1.165) is 5.56 Å². The van der Waals surface area contributed by atoms with Crippen LogP contribution in [-0.4, -0.2) is 5.52 Å². The molecule has 102 valence electrons. The molecule has 5 heteroatoms. The summed E-state index contributed by atoms with van der Waals surface area (Å²) in [5, 5.41) is 0. The summed E-state index contributed by atoms with van der Waals surface area (Å²) in [4.78, 5) is 12.3. The van der Waals surface area contributed by atoms with Gasteiger partial charge in [-0.25, -0.2) is 4.57 Å². The van der Waals surface area contributed by atoms with E-state index >= 15 is 0 Å². The molecule has 0 bridgehead atoms. The van der Waals surface area contributed by atoms with Gasteiger partial charge in [0.25, 0.3) is 5.52 Å². The fourth-order valence-corrected chi connectivity index (χ4v) is 2.71. The largest absolute Gasteiger partial charge is 0.502 e. The lowest BCUT2D eigenvalue weighted by Gasteiger charge is -2.15. The molecule has 0 amide bonds. The molecule has 0 aromatic heterocycles. The van der Waals surface area contributed by atoms with Gasteiger partial charge in [0.1, 0.15) is 0 Å². The van der Waals surface area contributed by atoms with Crippen LogP contribution < -0.4 is 0 Å². The van der Waals surface area contributed by atoms with Crippen LogP contribution in [0.3, 0.4) is 0 Å². The van der Waals surface area contributed by atoms with Gasteiger partial charge in [-0.1, -0.05) is 36.4 Å². The van der Waals surface area contributed by atoms with Crippen molar-refractivity contribution in [2.75, 3.05) is 0 Å². The number of carbonyl (C=O) groups is 1. The Morgan fingerprint density at radius 1 is 1.11 bits per heavy atom. The average molecular weight is 280 g/mol. The highest BCUT2D eigenvalue weighted by atomic mass is 31.2. The maximum absolute atomic E-state index is 12.5. The first-order chi connectivity index (χ1) is 9.05. The van der Waals surface area contributed by atoms with Crippen molar-refractivity contribution in [1.29, 1.82) is 0 Å². The van der Waals surface area contributed by atoms with Crippen LogP contribution in [0.15, 0.2) is 48.9 Å². The number of hydrogen-bond acceptors (Lipinski definition) is 4. The van der Waals surface area contributed by atoms with E-state index < -0.39 is 13.1 Å². The minimum atomic E-state index is -3.90. The minimum Gasteiger partial charge on any atom is -0.419 e. The van der Waals surface area contributed by atoms with E-state index in [0.29, 0.717) is 5.56 Å². The van der Waals surface area contributed by atoms with E-state index in [1.165, 1.54) is 24.7 Å². The average Bonchev–Trinajstić information content (AvgIpc) is 2.42. The fourth-order valence-electron chi connectivity index (χ4n) is 1.36. The van der Waals surface area contributed by atoms with Gasteiger partial charge in [-0.3, -0.25) is 4.79 Å². The first-order valence-electron chi connectivity index (χ1n) is 5.85. The number of aryl methyl sites for hydroxylation is 1. The molecule has 4 nitrogen and oxygen atoms in total. The number of carbonyl (C=O) groups excluding carboxylic acids is 1. The predicted octanol–water partition coefficient (Wildman–Crippen LogP) is 4.43. The molecule has 0 spiro atoms. The molecule has 0 aliphatic carbocycles. The summed E-state index contributed by atoms with van der Waals surface area (Å²) < 4.78 is 22.5. The number of allylic oxidation sites excluding steroid dienone is 2. The summed E-state index contributed by atoms with van der Waals surface area (Å²) in [6, 6.07) is 6.87. The zero-order chi connectivity index (χ0) is 14.3. The van der Waals surface area contributed by atoms with Crippen molar-refractivity contribution in [3.8, 4) is 0 Å². The maximum atomic E-state index is 12.5. The number of hydrogen-bond donors (Lipinski definition) is 0. The van der Waals surface area contributed by atoms with E-state index in [2.05, 4.69) is 0 Å². The highest BCUT2D eigenvalue weighted by Crippen LogP contribution is 2.52. The molecule has 0 radical (unpaired) electrons. The summed E-state index contributed by atoms with van der Waals surface area (Å²) in [5.74, 6) is 0. The van der Waals surface area contributed by atoms with E-state index in [1.54, 1.807) is 45.0 Å². The van der Waals surface area contributed by atoms with Gasteiger partial charge < -0.3 is 9.05 Å². The summed E-state index contributed by atoms with van der Waals surface area (Å²) in [6.07, 6.45) is 5.47. The van der Waals surface area contributed by atoms with E-state index in [1.807, 2.05) is 0 Å². The van der Waals surface area contributed by atoms with Crippen LogP contribution in [-0.2, 0) is 13.6 Å². The number of rotatable bonds is 6. The maximum Gasteiger partial charge on any atom is 0.502 e. The second-order valence-electron chi connectivity index (χ2n) is 3.77. The van der Waals surface area contributed by atoms with Crippen LogP contribution in [0.1, 0.15) is 29.8 Å². The minimum absolute atomic E-state index is 0.333. The topological polar surface area (TPSA) is 52.6 Å². The Kier molecular flexibility index (Phi) is 5.58. The van der Waals surface area contributed by atoms with Gasteiger partial charge in [-0.15, -0.1) is 0 Å². The quantitative estimate of drug-likeness (QED) is 0.571. The molecule has 1 aromatic rings. The SMILES string of the molecule is CC=COP(=O)(OC=CC)C(=O)c1ccccc1C. The van der Waals surface area contributed by atoms with Crippen LogP contribution in [0, 0.1) is 6.92 Å². The van der Waals surface area contributed by atoms with Crippen LogP contribution in [0.4, 0.5) is 0 Å². The molecule has 0 N–H and O–H groups in total. The fraction of sp³-hybridized carbons (Fsp3) is 0.214. The van der Waals surface area contributed by atoms with Crippen molar-refractivity contribution in [1.82, 2.24) is 0 Å². The molecule has 19 heavy (non-hydrogen) atoms. The third-order valence-electron chi connectivity index (χ3n) is 2.30. The first kappa shape index (κ1) is 15.3. The van der Waals surface area contributed by atoms with Crippen LogP contribution in [0.5, 0.6) is 0 Å². The highest BCUT2D eigenvalue weighted by Gasteiger charge is 2.37. The zero-order valence-corrected chi connectivity index (χ0v) is 12.1. The lowest BCUT2D eigenvalue weighted by Crippen LogP contribution is -2.05. The Morgan fingerprint density at radius 2 is 1.63 bits per heavy atom. The van der Waals surface area contributed by atoms with Crippen molar-refractivity contribution in [3.05, 3.63) is 60.1 Å². The summed E-state index contributed by atoms with van der Waals surface area (Å²) in [6.45, 7) is 5.15. The van der Waals surface area contributed by atoms with Crippen LogP contribution >= 0.6 is 7.60 Å². The lowest BCUT2D eigenvalue weighted by atomic mass is 10.1. The van der Waals surface area contributed by atoms with Crippen molar-refractivity contribution in [3.63, 3.8) is 0 Å². The second-order valence-corrected chi connectivity index (χ2v) is 5.59. The molecule has 0 aliphatic rings. The van der Waals surface area contributed by atoms with Gasteiger partial charge in [0.15, 0.2) is 0 Å². The van der Waals surface area contributed by atoms with Crippen molar-refractivity contribution < 1.29 is 18.4 Å². The highest BCUT2D eigenvalue weighted by molar-refractivity contribution is 7.72. The molecular formula is C14H17O4P. The zero-order valence-electron chi connectivity index (χ0n) is 11.2. The molecule has 0 unspecified atom stereocenters. The summed E-state index contributed by atoms with van der Waals surface area (Å²) in [5.41, 5.74) is 0.405. The standard InChI is InChI=1S/C14H17O4P/c1-4-10-17-19(16,18-11-5-2)14(15)13-9-7-6-8-12(13)3/h4-11H,1-3H3. The van der Waals surface area contributed by atoms with Gasteiger partial charge in [0, 0.05) is 5.56 Å². The predicted molar refractivity (Wildman–Crippen MR) is 74.9 cm³/mol. The van der Waals surface area contributed by atoms with E-state index in [-0.39, 0.29) is 0 Å². The first-order valence-corrected chi connectivity index (χ1v) is 7.39. The molecule has 0 heterocycles. The third-order valence-corrected chi connectivity index (χ3v) is 3.83. The smallest absolute Gasteiger partial charge is 0.419 e. The van der Waals surface area contributed by atoms with Gasteiger partial charge in [0.2, 0.25) is 0 Å². The van der Waals surface area contributed by atoms with Gasteiger partial charge in [-0.05, 0) is 26.3 Å². The van der Waals surface area contributed by atoms with Crippen molar-refractivity contribution in [2.45, 2.75) is 20.8 Å². The molecule has 1 rings (SSSR count). The third kappa shape index (κ3) is 3.83. The monoisotopic (exact) mass is 280 g/mol. The van der Waals surface area contributed by atoms with Gasteiger partial charge in [0.05, 0.1) is 12.5 Å². The Morgan fingerprint density at radius 3 is 2.11 bits per heavy atom. The summed E-state index contributed by atoms with van der Waals surface area (Å²) >= 11 is 0. The second kappa shape index (κ2) is 6.95.